The summed E-state index contributed by atoms with van der Waals surface area (Å²) >= 11 is 12.1. The number of nitrogens with zero attached hydrogens (tertiary/aromatic N) is 1. The number of rotatable bonds is 5. The number of halogens is 2. The standard InChI is InChI=1S/C26H18Cl2N2O3/c1-16-6-8-18(9-7-16)25(31)30-29-15-22-20-5-3-2-4-17(20)10-13-24(22)33-26(32)21-12-11-19(27)14-23(21)28/h2-15H,1H3,(H,30,31)/b29-15-. The van der Waals surface area contributed by atoms with E-state index >= 15 is 0 Å². The Morgan fingerprint density at radius 2 is 1.70 bits per heavy atom. The molecule has 0 aliphatic rings. The van der Waals surface area contributed by atoms with Crippen LogP contribution in [0.2, 0.25) is 10.0 Å². The summed E-state index contributed by atoms with van der Waals surface area (Å²) in [6.45, 7) is 1.94. The summed E-state index contributed by atoms with van der Waals surface area (Å²) in [6.07, 6.45) is 1.46. The van der Waals surface area contributed by atoms with Crippen LogP contribution in [0.25, 0.3) is 10.8 Å². The van der Waals surface area contributed by atoms with Gasteiger partial charge in [-0.05, 0) is 54.1 Å². The fraction of sp³-hybridized carbons (Fsp3) is 0.0385. The average molecular weight is 477 g/mol. The predicted octanol–water partition coefficient (Wildman–Crippen LogP) is 6.44. The summed E-state index contributed by atoms with van der Waals surface area (Å²) in [5.74, 6) is -0.707. The van der Waals surface area contributed by atoms with Gasteiger partial charge in [-0.15, -0.1) is 0 Å². The molecule has 5 nitrogen and oxygen atoms in total. The van der Waals surface area contributed by atoms with Crippen LogP contribution in [0.1, 0.15) is 31.8 Å². The average Bonchev–Trinajstić information content (AvgIpc) is 2.80. The lowest BCUT2D eigenvalue weighted by Gasteiger charge is -2.11. The molecule has 4 rings (SSSR count). The molecule has 164 valence electrons. The second-order valence-corrected chi connectivity index (χ2v) is 8.12. The van der Waals surface area contributed by atoms with E-state index in [4.69, 9.17) is 27.9 Å². The summed E-state index contributed by atoms with van der Waals surface area (Å²) in [4.78, 5) is 25.2. The maximum Gasteiger partial charge on any atom is 0.345 e. The number of hydrazone groups is 1. The van der Waals surface area contributed by atoms with Gasteiger partial charge in [0.25, 0.3) is 5.91 Å². The highest BCUT2D eigenvalue weighted by Gasteiger charge is 2.16. The van der Waals surface area contributed by atoms with Crippen molar-refractivity contribution in [3.63, 3.8) is 0 Å². The number of ether oxygens (including phenoxy) is 1. The van der Waals surface area contributed by atoms with Crippen molar-refractivity contribution in [2.24, 2.45) is 5.10 Å². The number of hydrogen-bond donors (Lipinski definition) is 1. The van der Waals surface area contributed by atoms with E-state index in [2.05, 4.69) is 10.5 Å². The number of carbonyl (C=O) groups is 2. The molecule has 0 fully saturated rings. The summed E-state index contributed by atoms with van der Waals surface area (Å²) in [5, 5.41) is 6.43. The smallest absolute Gasteiger partial charge is 0.345 e. The number of amides is 1. The predicted molar refractivity (Wildman–Crippen MR) is 132 cm³/mol. The van der Waals surface area contributed by atoms with E-state index in [1.54, 1.807) is 24.3 Å². The van der Waals surface area contributed by atoms with Crippen LogP contribution in [0.3, 0.4) is 0 Å². The zero-order chi connectivity index (χ0) is 23.4. The van der Waals surface area contributed by atoms with E-state index < -0.39 is 5.97 Å². The number of carbonyl (C=O) groups excluding carboxylic acids is 2. The monoisotopic (exact) mass is 476 g/mol. The Kier molecular flexibility index (Phi) is 6.73. The molecule has 0 saturated carbocycles. The molecule has 33 heavy (non-hydrogen) atoms. The second-order valence-electron chi connectivity index (χ2n) is 7.28. The van der Waals surface area contributed by atoms with Crippen LogP contribution in [0.15, 0.2) is 84.0 Å². The van der Waals surface area contributed by atoms with Crippen molar-refractivity contribution in [1.82, 2.24) is 5.43 Å². The normalized spacial score (nSPS) is 11.0. The topological polar surface area (TPSA) is 67.8 Å². The zero-order valence-corrected chi connectivity index (χ0v) is 19.0. The number of nitrogens with one attached hydrogen (secondary N) is 1. The van der Waals surface area contributed by atoms with Crippen LogP contribution in [-0.2, 0) is 0 Å². The van der Waals surface area contributed by atoms with Crippen LogP contribution >= 0.6 is 23.2 Å². The fourth-order valence-electron chi connectivity index (χ4n) is 3.23. The maximum atomic E-state index is 12.8. The molecule has 7 heteroatoms. The number of benzene rings is 4. The molecule has 0 saturated heterocycles. The third-order valence-corrected chi connectivity index (χ3v) is 5.51. The molecule has 4 aromatic carbocycles. The van der Waals surface area contributed by atoms with Gasteiger partial charge in [-0.1, -0.05) is 71.2 Å². The second kappa shape index (κ2) is 9.86. The Labute approximate surface area is 200 Å². The van der Waals surface area contributed by atoms with Gasteiger partial charge in [-0.25, -0.2) is 10.2 Å². The van der Waals surface area contributed by atoms with E-state index in [0.717, 1.165) is 16.3 Å². The minimum Gasteiger partial charge on any atom is -0.422 e. The first-order valence-corrected chi connectivity index (χ1v) is 10.8. The quantitative estimate of drug-likeness (QED) is 0.156. The first-order valence-electron chi connectivity index (χ1n) is 10.0. The van der Waals surface area contributed by atoms with Gasteiger partial charge in [0.1, 0.15) is 5.75 Å². The van der Waals surface area contributed by atoms with Crippen molar-refractivity contribution in [2.75, 3.05) is 0 Å². The Balaban J connectivity index is 1.63. The first-order chi connectivity index (χ1) is 15.9. The van der Waals surface area contributed by atoms with Crippen LogP contribution in [0.4, 0.5) is 0 Å². The SMILES string of the molecule is Cc1ccc(C(=O)N/N=C\c2c(OC(=O)c3ccc(Cl)cc3Cl)ccc3ccccc23)cc1. The molecule has 0 radical (unpaired) electrons. The van der Waals surface area contributed by atoms with Gasteiger partial charge >= 0.3 is 5.97 Å². The van der Waals surface area contributed by atoms with E-state index in [0.29, 0.717) is 16.1 Å². The summed E-state index contributed by atoms with van der Waals surface area (Å²) in [7, 11) is 0. The summed E-state index contributed by atoms with van der Waals surface area (Å²) in [5.41, 5.74) is 4.78. The van der Waals surface area contributed by atoms with E-state index in [1.165, 1.54) is 18.3 Å². The minimum absolute atomic E-state index is 0.185. The zero-order valence-electron chi connectivity index (χ0n) is 17.5. The Hall–Kier alpha value is -3.67. The molecule has 0 atom stereocenters. The Morgan fingerprint density at radius 1 is 0.939 bits per heavy atom. The number of aryl methyl sites for hydroxylation is 1. The van der Waals surface area contributed by atoms with Gasteiger partial charge in [0.2, 0.25) is 0 Å². The largest absolute Gasteiger partial charge is 0.422 e. The van der Waals surface area contributed by atoms with Gasteiger partial charge in [-0.2, -0.15) is 5.10 Å². The van der Waals surface area contributed by atoms with Crippen LogP contribution in [-0.4, -0.2) is 18.1 Å². The van der Waals surface area contributed by atoms with Crippen molar-refractivity contribution >= 4 is 52.1 Å². The molecule has 1 amide bonds. The van der Waals surface area contributed by atoms with Crippen LogP contribution in [0, 0.1) is 6.92 Å². The highest BCUT2D eigenvalue weighted by molar-refractivity contribution is 6.36. The lowest BCUT2D eigenvalue weighted by Crippen LogP contribution is -2.17. The van der Waals surface area contributed by atoms with Crippen LogP contribution in [0.5, 0.6) is 5.75 Å². The van der Waals surface area contributed by atoms with Gasteiger partial charge < -0.3 is 4.74 Å². The van der Waals surface area contributed by atoms with Crippen molar-refractivity contribution in [3.05, 3.63) is 111 Å². The van der Waals surface area contributed by atoms with Gasteiger partial charge in [0.05, 0.1) is 16.8 Å². The highest BCUT2D eigenvalue weighted by atomic mass is 35.5. The molecule has 0 aromatic heterocycles. The van der Waals surface area contributed by atoms with Crippen molar-refractivity contribution < 1.29 is 14.3 Å². The Morgan fingerprint density at radius 3 is 2.45 bits per heavy atom. The number of esters is 1. The molecular weight excluding hydrogens is 459 g/mol. The van der Waals surface area contributed by atoms with E-state index in [9.17, 15) is 9.59 Å². The third-order valence-electron chi connectivity index (χ3n) is 4.96. The van der Waals surface area contributed by atoms with Gasteiger partial charge in [0.15, 0.2) is 0 Å². The minimum atomic E-state index is -0.634. The van der Waals surface area contributed by atoms with Crippen LogP contribution < -0.4 is 10.2 Å². The highest BCUT2D eigenvalue weighted by Crippen LogP contribution is 2.29. The molecule has 0 aliphatic carbocycles. The maximum absolute atomic E-state index is 12.8. The third kappa shape index (κ3) is 5.22. The molecular formula is C26H18Cl2N2O3. The lowest BCUT2D eigenvalue weighted by atomic mass is 10.0. The molecule has 0 spiro atoms. The van der Waals surface area contributed by atoms with Gasteiger partial charge in [-0.3, -0.25) is 4.79 Å². The van der Waals surface area contributed by atoms with Crippen molar-refractivity contribution in [3.8, 4) is 5.75 Å². The van der Waals surface area contributed by atoms with Crippen molar-refractivity contribution in [1.29, 1.82) is 0 Å². The van der Waals surface area contributed by atoms with Crippen molar-refractivity contribution in [2.45, 2.75) is 6.92 Å². The molecule has 1 N–H and O–H groups in total. The fourth-order valence-corrected chi connectivity index (χ4v) is 3.72. The first kappa shape index (κ1) is 22.5. The molecule has 4 aromatic rings. The van der Waals surface area contributed by atoms with E-state index in [1.807, 2.05) is 49.4 Å². The lowest BCUT2D eigenvalue weighted by molar-refractivity contribution is 0.0734. The van der Waals surface area contributed by atoms with E-state index in [-0.39, 0.29) is 22.2 Å². The number of hydrogen-bond acceptors (Lipinski definition) is 4. The molecule has 0 aliphatic heterocycles. The summed E-state index contributed by atoms with van der Waals surface area (Å²) < 4.78 is 5.65. The summed E-state index contributed by atoms with van der Waals surface area (Å²) in [6, 6.07) is 22.8. The molecule has 0 bridgehead atoms. The number of fused-ring (bicyclic) bond motifs is 1. The Bertz CT molecular complexity index is 1380. The van der Waals surface area contributed by atoms with Gasteiger partial charge in [0, 0.05) is 16.1 Å². The molecule has 0 unspecified atom stereocenters. The molecule has 0 heterocycles.